The van der Waals surface area contributed by atoms with Crippen molar-refractivity contribution in [2.45, 2.75) is 12.8 Å². The van der Waals surface area contributed by atoms with E-state index in [-0.39, 0.29) is 0 Å². The molecule has 0 fully saturated rings. The molecule has 0 aromatic carbocycles. The van der Waals surface area contributed by atoms with E-state index in [9.17, 15) is 0 Å². The third-order valence-electron chi connectivity index (χ3n) is 1.60. The highest BCUT2D eigenvalue weighted by molar-refractivity contribution is 5.91. The highest BCUT2D eigenvalue weighted by Gasteiger charge is 1.98. The Kier molecular flexibility index (Phi) is 5.09. The van der Waals surface area contributed by atoms with Gasteiger partial charge in [-0.2, -0.15) is 0 Å². The van der Waals surface area contributed by atoms with Crippen molar-refractivity contribution in [1.82, 2.24) is 0 Å². The number of nitrogens with one attached hydrogen (secondary N) is 1. The van der Waals surface area contributed by atoms with Crippen LogP contribution in [0.3, 0.4) is 0 Å². The SMILES string of the molecule is C=CC(=N)CCC(C=C)C=C. The standard InChI is InChI=1S/C10H15N/c1-4-9(5-2)7-8-10(11)6-3/h4-6,9,11H,1-3,7-8H2. The zero-order valence-electron chi connectivity index (χ0n) is 6.84. The zero-order chi connectivity index (χ0) is 8.69. The lowest BCUT2D eigenvalue weighted by molar-refractivity contribution is 0.740. The second kappa shape index (κ2) is 5.66. The largest absolute Gasteiger partial charge is 0.305 e. The summed E-state index contributed by atoms with van der Waals surface area (Å²) in [6.07, 6.45) is 6.94. The van der Waals surface area contributed by atoms with Crippen molar-refractivity contribution >= 4 is 5.71 Å². The number of hydrogen-bond donors (Lipinski definition) is 1. The van der Waals surface area contributed by atoms with Crippen LogP contribution in [0.4, 0.5) is 0 Å². The van der Waals surface area contributed by atoms with Crippen LogP contribution >= 0.6 is 0 Å². The molecule has 1 heteroatoms. The van der Waals surface area contributed by atoms with Crippen LogP contribution in [-0.4, -0.2) is 5.71 Å². The highest BCUT2D eigenvalue weighted by atomic mass is 14.4. The van der Waals surface area contributed by atoms with Gasteiger partial charge in [-0.1, -0.05) is 18.7 Å². The molecule has 0 atom stereocenters. The van der Waals surface area contributed by atoms with Gasteiger partial charge in [-0.25, -0.2) is 0 Å². The van der Waals surface area contributed by atoms with Crippen molar-refractivity contribution < 1.29 is 0 Å². The van der Waals surface area contributed by atoms with Crippen molar-refractivity contribution in [3.05, 3.63) is 38.0 Å². The lowest BCUT2D eigenvalue weighted by Crippen LogP contribution is -1.96. The monoisotopic (exact) mass is 149 g/mol. The van der Waals surface area contributed by atoms with Gasteiger partial charge in [0.25, 0.3) is 0 Å². The first kappa shape index (κ1) is 9.89. The Morgan fingerprint density at radius 1 is 1.27 bits per heavy atom. The van der Waals surface area contributed by atoms with E-state index < -0.39 is 0 Å². The van der Waals surface area contributed by atoms with Crippen molar-refractivity contribution in [3.8, 4) is 0 Å². The van der Waals surface area contributed by atoms with E-state index in [1.54, 1.807) is 6.08 Å². The molecule has 0 bridgehead atoms. The molecule has 0 aliphatic carbocycles. The molecule has 11 heavy (non-hydrogen) atoms. The topological polar surface area (TPSA) is 23.9 Å². The van der Waals surface area contributed by atoms with Gasteiger partial charge in [0.05, 0.1) is 0 Å². The molecule has 0 rings (SSSR count). The maximum absolute atomic E-state index is 7.29. The third-order valence-corrected chi connectivity index (χ3v) is 1.60. The molecule has 0 saturated carbocycles. The van der Waals surface area contributed by atoms with Crippen LogP contribution in [0.2, 0.25) is 0 Å². The van der Waals surface area contributed by atoms with E-state index in [0.29, 0.717) is 11.6 Å². The second-order valence-electron chi connectivity index (χ2n) is 2.40. The normalized spacial score (nSPS) is 9.18. The summed E-state index contributed by atoms with van der Waals surface area (Å²) < 4.78 is 0. The number of hydrogen-bond acceptors (Lipinski definition) is 1. The van der Waals surface area contributed by atoms with Crippen LogP contribution in [0.25, 0.3) is 0 Å². The van der Waals surface area contributed by atoms with Gasteiger partial charge in [-0.3, -0.25) is 0 Å². The Morgan fingerprint density at radius 3 is 2.18 bits per heavy atom. The van der Waals surface area contributed by atoms with Crippen molar-refractivity contribution in [3.63, 3.8) is 0 Å². The van der Waals surface area contributed by atoms with Gasteiger partial charge in [0.2, 0.25) is 0 Å². The minimum Gasteiger partial charge on any atom is -0.305 e. The van der Waals surface area contributed by atoms with Crippen LogP contribution in [0.5, 0.6) is 0 Å². The Hall–Kier alpha value is -1.11. The fraction of sp³-hybridized carbons (Fsp3) is 0.300. The lowest BCUT2D eigenvalue weighted by atomic mass is 10.0. The summed E-state index contributed by atoms with van der Waals surface area (Å²) in [6, 6.07) is 0. The summed E-state index contributed by atoms with van der Waals surface area (Å²) >= 11 is 0. The highest BCUT2D eigenvalue weighted by Crippen LogP contribution is 2.08. The van der Waals surface area contributed by atoms with Gasteiger partial charge in [0, 0.05) is 5.71 Å². The van der Waals surface area contributed by atoms with E-state index in [1.807, 2.05) is 12.2 Å². The molecule has 0 saturated heterocycles. The number of allylic oxidation sites excluding steroid dienone is 3. The average Bonchev–Trinajstić information content (AvgIpc) is 2.06. The summed E-state index contributed by atoms with van der Waals surface area (Å²) in [5.41, 5.74) is 0.582. The molecule has 1 N–H and O–H groups in total. The van der Waals surface area contributed by atoms with Crippen LogP contribution in [0.1, 0.15) is 12.8 Å². The van der Waals surface area contributed by atoms with Gasteiger partial charge < -0.3 is 5.41 Å². The van der Waals surface area contributed by atoms with Crippen molar-refractivity contribution in [1.29, 1.82) is 5.41 Å². The quantitative estimate of drug-likeness (QED) is 0.443. The van der Waals surface area contributed by atoms with Crippen molar-refractivity contribution in [2.24, 2.45) is 5.92 Å². The molecular formula is C10H15N. The summed E-state index contributed by atoms with van der Waals surface area (Å²) in [4.78, 5) is 0. The van der Waals surface area contributed by atoms with Gasteiger partial charge in [-0.05, 0) is 24.8 Å². The first-order valence-corrected chi connectivity index (χ1v) is 3.69. The first-order valence-electron chi connectivity index (χ1n) is 3.69. The van der Waals surface area contributed by atoms with Gasteiger partial charge in [0.15, 0.2) is 0 Å². The predicted molar refractivity (Wildman–Crippen MR) is 51.0 cm³/mol. The van der Waals surface area contributed by atoms with E-state index in [2.05, 4.69) is 19.7 Å². The molecule has 0 spiro atoms. The molecule has 60 valence electrons. The second-order valence-corrected chi connectivity index (χ2v) is 2.40. The van der Waals surface area contributed by atoms with E-state index in [1.165, 1.54) is 0 Å². The molecule has 0 heterocycles. The third kappa shape index (κ3) is 4.31. The zero-order valence-corrected chi connectivity index (χ0v) is 6.84. The molecule has 0 radical (unpaired) electrons. The fourth-order valence-electron chi connectivity index (χ4n) is 0.756. The predicted octanol–water partition coefficient (Wildman–Crippen LogP) is 2.96. The Balaban J connectivity index is 3.66. The maximum Gasteiger partial charge on any atom is 0.0308 e. The van der Waals surface area contributed by atoms with Gasteiger partial charge in [-0.15, -0.1) is 13.2 Å². The maximum atomic E-state index is 7.29. The molecule has 0 aliphatic heterocycles. The fourth-order valence-corrected chi connectivity index (χ4v) is 0.756. The summed E-state index contributed by atoms with van der Waals surface area (Å²) in [5.74, 6) is 0.329. The minimum absolute atomic E-state index is 0.329. The average molecular weight is 149 g/mol. The lowest BCUT2D eigenvalue weighted by Gasteiger charge is -2.04. The van der Waals surface area contributed by atoms with E-state index >= 15 is 0 Å². The molecular weight excluding hydrogens is 134 g/mol. The van der Waals surface area contributed by atoms with Crippen LogP contribution in [0, 0.1) is 11.3 Å². The van der Waals surface area contributed by atoms with Gasteiger partial charge in [0.1, 0.15) is 0 Å². The summed E-state index contributed by atoms with van der Waals surface area (Å²) in [5, 5.41) is 7.29. The smallest absolute Gasteiger partial charge is 0.0308 e. The van der Waals surface area contributed by atoms with Crippen molar-refractivity contribution in [2.75, 3.05) is 0 Å². The molecule has 0 aliphatic rings. The number of rotatable bonds is 6. The van der Waals surface area contributed by atoms with E-state index in [4.69, 9.17) is 5.41 Å². The van der Waals surface area contributed by atoms with Crippen LogP contribution in [0.15, 0.2) is 38.0 Å². The molecule has 0 amide bonds. The summed E-state index contributed by atoms with van der Waals surface area (Å²) in [7, 11) is 0. The first-order chi connectivity index (χ1) is 5.24. The molecule has 0 aromatic rings. The molecule has 0 unspecified atom stereocenters. The molecule has 0 aromatic heterocycles. The Morgan fingerprint density at radius 2 is 1.82 bits per heavy atom. The van der Waals surface area contributed by atoms with Gasteiger partial charge >= 0.3 is 0 Å². The van der Waals surface area contributed by atoms with E-state index in [0.717, 1.165) is 12.8 Å². The minimum atomic E-state index is 0.329. The Labute approximate surface area is 68.6 Å². The summed E-state index contributed by atoms with van der Waals surface area (Å²) in [6.45, 7) is 10.9. The molecule has 1 nitrogen and oxygen atoms in total. The van der Waals surface area contributed by atoms with Crippen LogP contribution in [-0.2, 0) is 0 Å². The Bertz CT molecular complexity index is 160. The van der Waals surface area contributed by atoms with Crippen LogP contribution < -0.4 is 0 Å².